The van der Waals surface area contributed by atoms with E-state index in [9.17, 15) is 5.11 Å². The van der Waals surface area contributed by atoms with Gasteiger partial charge in [-0.2, -0.15) is 0 Å². The van der Waals surface area contributed by atoms with Gasteiger partial charge in [0.25, 0.3) is 0 Å². The highest BCUT2D eigenvalue weighted by Crippen LogP contribution is 2.42. The Hall–Kier alpha value is -6.26. The second kappa shape index (κ2) is 16.2. The summed E-state index contributed by atoms with van der Waals surface area (Å²) in [6.07, 6.45) is 1.82. The van der Waals surface area contributed by atoms with Gasteiger partial charge in [-0.05, 0) is 141 Å². The van der Waals surface area contributed by atoms with Crippen molar-refractivity contribution in [3.05, 3.63) is 167 Å². The zero-order valence-corrected chi connectivity index (χ0v) is 35.1. The van der Waals surface area contributed by atoms with E-state index in [4.69, 9.17) is 18.2 Å². The molecule has 0 fully saturated rings. The van der Waals surface area contributed by atoms with E-state index in [1.54, 1.807) is 58.0 Å². The fraction of sp³-hybridized carbons (Fsp3) is 0.236. The van der Waals surface area contributed by atoms with Crippen molar-refractivity contribution >= 4 is 11.0 Å². The summed E-state index contributed by atoms with van der Waals surface area (Å²) in [6.45, 7) is 12.7. The van der Waals surface area contributed by atoms with Gasteiger partial charge in [0.15, 0.2) is 0 Å². The van der Waals surface area contributed by atoms with Crippen LogP contribution in [0, 0.1) is 6.85 Å². The summed E-state index contributed by atoms with van der Waals surface area (Å²) < 4.78 is 55.3. The molecule has 6 aromatic carbocycles. The number of nitrogens with zero attached hydrogens (tertiary/aromatic N) is 3. The highest BCUT2D eigenvalue weighted by molar-refractivity contribution is 5.97. The van der Waals surface area contributed by atoms with E-state index in [1.807, 2.05) is 91.3 Å². The monoisotopic (exact) mass is 779 g/mol. The Morgan fingerprint density at radius 1 is 0.576 bits per heavy atom. The summed E-state index contributed by atoms with van der Waals surface area (Å²) in [4.78, 5) is 10.1. The number of fused-ring (bicyclic) bond motifs is 1. The summed E-state index contributed by atoms with van der Waals surface area (Å²) >= 11 is 0. The third kappa shape index (κ3) is 7.60. The minimum Gasteiger partial charge on any atom is -0.507 e. The van der Waals surface area contributed by atoms with E-state index in [0.717, 1.165) is 44.6 Å². The molecule has 0 aliphatic carbocycles. The molecule has 1 N–H and O–H groups in total. The van der Waals surface area contributed by atoms with Crippen molar-refractivity contribution in [2.45, 2.75) is 85.8 Å². The van der Waals surface area contributed by atoms with Crippen LogP contribution in [0.25, 0.3) is 72.7 Å². The molecule has 0 saturated heterocycles. The summed E-state index contributed by atoms with van der Waals surface area (Å²) in [5.74, 6) is -2.22. The maximum atomic E-state index is 11.4. The standard InChI is InChI=1S/C55H55N3O/c1-33(2)38-20-22-39(23-21-38)40-26-27-56-49(32-40)44-30-42(34(3)4)29-43(31-44)47-17-13-18-51-54(47)57-55(48-14-10-11-19-52(48)59)58(51)50-25-24-41(28-37(50)9)53-45(35(5)6)15-12-16-46(53)36(7)8/h10-36,59H,1-9H3/i9D3,33D,35D,36D. The normalized spacial score (nSPS) is 14.1. The van der Waals surface area contributed by atoms with Crippen LogP contribution in [0.3, 0.4) is 0 Å². The lowest BCUT2D eigenvalue weighted by Crippen LogP contribution is -2.03. The third-order valence-electron chi connectivity index (χ3n) is 11.3. The van der Waals surface area contributed by atoms with E-state index in [0.29, 0.717) is 50.4 Å². The molecule has 0 bridgehead atoms. The summed E-state index contributed by atoms with van der Waals surface area (Å²) in [5.41, 5.74) is 12.4. The predicted octanol–water partition coefficient (Wildman–Crippen LogP) is 15.3. The minimum absolute atomic E-state index is 0.000299. The molecule has 2 aromatic heterocycles. The van der Waals surface area contributed by atoms with Crippen LogP contribution in [-0.4, -0.2) is 19.6 Å². The van der Waals surface area contributed by atoms with Crippen LogP contribution in [0.4, 0.5) is 0 Å². The van der Waals surface area contributed by atoms with Gasteiger partial charge in [0.2, 0.25) is 0 Å². The molecule has 8 aromatic rings. The first kappa shape index (κ1) is 32.7. The van der Waals surface area contributed by atoms with Crippen LogP contribution in [0.2, 0.25) is 0 Å². The average molecular weight is 780 g/mol. The lowest BCUT2D eigenvalue weighted by molar-refractivity contribution is 0.477. The molecular weight excluding hydrogens is 719 g/mol. The number of phenolic OH excluding ortho intramolecular Hbond substituents is 1. The maximum absolute atomic E-state index is 11.4. The van der Waals surface area contributed by atoms with E-state index >= 15 is 0 Å². The van der Waals surface area contributed by atoms with Gasteiger partial charge in [0.05, 0.1) is 28.0 Å². The molecule has 296 valence electrons. The van der Waals surface area contributed by atoms with Gasteiger partial charge in [-0.25, -0.2) is 4.98 Å². The highest BCUT2D eigenvalue weighted by atomic mass is 16.3. The van der Waals surface area contributed by atoms with Gasteiger partial charge < -0.3 is 5.11 Å². The van der Waals surface area contributed by atoms with Gasteiger partial charge >= 0.3 is 0 Å². The molecular formula is C55H55N3O. The fourth-order valence-electron chi connectivity index (χ4n) is 8.06. The molecule has 2 heterocycles. The number of imidazole rings is 1. The SMILES string of the molecule is [2H]C([2H])([2H])c1cc(-c2c(C([2H])(C)C)cccc2C([2H])(C)C)ccc1-n1c(-c2ccccc2O)nc2c(-c3cc(-c4cc(-c5ccc(C([2H])(C)C)cc5)ccn4)cc(C(C)C)c3)cccc21. The van der Waals surface area contributed by atoms with Crippen molar-refractivity contribution < 1.29 is 13.3 Å². The molecule has 4 heteroatoms. The Morgan fingerprint density at radius 3 is 1.93 bits per heavy atom. The molecule has 0 atom stereocenters. The molecule has 0 spiro atoms. The first-order valence-electron chi connectivity index (χ1n) is 23.3. The largest absolute Gasteiger partial charge is 0.507 e. The quantitative estimate of drug-likeness (QED) is 0.150. The minimum atomic E-state index is -2.60. The van der Waals surface area contributed by atoms with Crippen molar-refractivity contribution in [3.63, 3.8) is 0 Å². The molecule has 8 rings (SSSR count). The Kier molecular flexibility index (Phi) is 8.96. The van der Waals surface area contributed by atoms with Crippen LogP contribution in [-0.2, 0) is 0 Å². The number of benzene rings is 6. The number of hydrogen-bond donors (Lipinski definition) is 1. The summed E-state index contributed by atoms with van der Waals surface area (Å²) in [6, 6.07) is 42.5. The topological polar surface area (TPSA) is 50.9 Å². The molecule has 0 amide bonds. The first-order valence-corrected chi connectivity index (χ1v) is 20.3. The van der Waals surface area contributed by atoms with Crippen molar-refractivity contribution in [2.75, 3.05) is 0 Å². The fourth-order valence-corrected chi connectivity index (χ4v) is 8.06. The zero-order chi connectivity index (χ0) is 46.8. The van der Waals surface area contributed by atoms with Crippen molar-refractivity contribution in [2.24, 2.45) is 0 Å². The Morgan fingerprint density at radius 2 is 1.25 bits per heavy atom. The van der Waals surface area contributed by atoms with Gasteiger partial charge in [0, 0.05) is 25.5 Å². The Labute approximate surface area is 358 Å². The number of hydrogen-bond acceptors (Lipinski definition) is 3. The molecule has 0 aliphatic heterocycles. The van der Waals surface area contributed by atoms with E-state index < -0.39 is 24.5 Å². The van der Waals surface area contributed by atoms with Gasteiger partial charge in [-0.15, -0.1) is 0 Å². The molecule has 0 unspecified atom stereocenters. The molecule has 0 saturated carbocycles. The molecule has 59 heavy (non-hydrogen) atoms. The van der Waals surface area contributed by atoms with E-state index in [1.165, 1.54) is 0 Å². The maximum Gasteiger partial charge on any atom is 0.149 e. The van der Waals surface area contributed by atoms with Crippen LogP contribution in [0.15, 0.2) is 140 Å². The Bertz CT molecular complexity index is 3040. The number of para-hydroxylation sites is 2. The number of rotatable bonds is 10. The van der Waals surface area contributed by atoms with E-state index in [-0.39, 0.29) is 17.2 Å². The van der Waals surface area contributed by atoms with Crippen molar-refractivity contribution in [1.29, 1.82) is 0 Å². The van der Waals surface area contributed by atoms with Crippen molar-refractivity contribution in [1.82, 2.24) is 14.5 Å². The number of aromatic hydroxyl groups is 1. The number of pyridine rings is 1. The lowest BCUT2D eigenvalue weighted by Gasteiger charge is -2.21. The van der Waals surface area contributed by atoms with E-state index in [2.05, 4.69) is 50.2 Å². The second-order valence-electron chi connectivity index (χ2n) is 16.4. The second-order valence-corrected chi connectivity index (χ2v) is 16.4. The summed E-state index contributed by atoms with van der Waals surface area (Å²) in [7, 11) is 0. The Balaban J connectivity index is 1.35. The third-order valence-corrected chi connectivity index (χ3v) is 11.3. The average Bonchev–Trinajstić information content (AvgIpc) is 3.64. The van der Waals surface area contributed by atoms with Crippen LogP contribution < -0.4 is 0 Å². The van der Waals surface area contributed by atoms with Crippen molar-refractivity contribution in [3.8, 4) is 67.5 Å². The first-order chi connectivity index (χ1) is 30.5. The van der Waals surface area contributed by atoms with Crippen LogP contribution in [0.1, 0.15) is 115 Å². The van der Waals surface area contributed by atoms with Gasteiger partial charge in [0.1, 0.15) is 11.6 Å². The smallest absolute Gasteiger partial charge is 0.149 e. The summed E-state index contributed by atoms with van der Waals surface area (Å²) in [5, 5.41) is 11.4. The number of phenols is 1. The molecule has 0 aliphatic rings. The number of aromatic nitrogens is 3. The zero-order valence-electron chi connectivity index (χ0n) is 41.1. The predicted molar refractivity (Wildman–Crippen MR) is 249 cm³/mol. The highest BCUT2D eigenvalue weighted by Gasteiger charge is 2.23. The van der Waals surface area contributed by atoms with Gasteiger partial charge in [-0.3, -0.25) is 9.55 Å². The van der Waals surface area contributed by atoms with Gasteiger partial charge in [-0.1, -0.05) is 134 Å². The van der Waals surface area contributed by atoms with Crippen LogP contribution >= 0.6 is 0 Å². The molecule has 0 radical (unpaired) electrons. The lowest BCUT2D eigenvalue weighted by atomic mass is 9.84. The number of aryl methyl sites for hydroxylation is 1. The van der Waals surface area contributed by atoms with Crippen LogP contribution in [0.5, 0.6) is 5.75 Å². The molecule has 4 nitrogen and oxygen atoms in total.